The molecule has 114 valence electrons. The SMILES string of the molecule is Cc1ccccc1OCC(O)CNCCc1ccc(Br)s1. The smallest absolute Gasteiger partial charge is 0.122 e. The molecule has 0 fully saturated rings. The second-order valence-electron chi connectivity index (χ2n) is 4.89. The van der Waals surface area contributed by atoms with Crippen LogP contribution >= 0.6 is 27.3 Å². The molecule has 1 unspecified atom stereocenters. The van der Waals surface area contributed by atoms with Crippen LogP contribution in [0.5, 0.6) is 5.75 Å². The summed E-state index contributed by atoms with van der Waals surface area (Å²) >= 11 is 5.20. The van der Waals surface area contributed by atoms with Gasteiger partial charge >= 0.3 is 0 Å². The number of ether oxygens (including phenoxy) is 1. The maximum Gasteiger partial charge on any atom is 0.122 e. The fourth-order valence-electron chi connectivity index (χ4n) is 1.93. The molecule has 3 nitrogen and oxygen atoms in total. The standard InChI is InChI=1S/C16H20BrNO2S/c1-12-4-2-3-5-15(12)20-11-13(19)10-18-9-8-14-6-7-16(17)21-14/h2-7,13,18-19H,8-11H2,1H3. The first-order valence-corrected chi connectivity index (χ1v) is 8.57. The predicted molar refractivity (Wildman–Crippen MR) is 91.3 cm³/mol. The number of aliphatic hydroxyl groups is 1. The number of thiophene rings is 1. The van der Waals surface area contributed by atoms with Crippen molar-refractivity contribution in [2.75, 3.05) is 19.7 Å². The van der Waals surface area contributed by atoms with Gasteiger partial charge in [-0.1, -0.05) is 18.2 Å². The van der Waals surface area contributed by atoms with Gasteiger partial charge in [-0.2, -0.15) is 0 Å². The second-order valence-corrected chi connectivity index (χ2v) is 7.44. The molecule has 0 saturated carbocycles. The third-order valence-electron chi connectivity index (χ3n) is 3.08. The third-order valence-corrected chi connectivity index (χ3v) is 4.77. The first kappa shape index (κ1) is 16.5. The molecule has 0 aliphatic rings. The van der Waals surface area contributed by atoms with Crippen molar-refractivity contribution < 1.29 is 9.84 Å². The molecule has 0 aliphatic heterocycles. The summed E-state index contributed by atoms with van der Waals surface area (Å²) < 4.78 is 6.78. The average Bonchev–Trinajstić information content (AvgIpc) is 2.88. The zero-order valence-corrected chi connectivity index (χ0v) is 14.4. The highest BCUT2D eigenvalue weighted by Crippen LogP contribution is 2.22. The monoisotopic (exact) mass is 369 g/mol. The molecule has 1 heterocycles. The van der Waals surface area contributed by atoms with Crippen molar-refractivity contribution >= 4 is 27.3 Å². The van der Waals surface area contributed by atoms with E-state index in [-0.39, 0.29) is 0 Å². The number of rotatable bonds is 8. The van der Waals surface area contributed by atoms with Gasteiger partial charge in [0.05, 0.1) is 3.79 Å². The van der Waals surface area contributed by atoms with Crippen LogP contribution in [-0.2, 0) is 6.42 Å². The van der Waals surface area contributed by atoms with Crippen LogP contribution in [0.15, 0.2) is 40.2 Å². The Kier molecular flexibility index (Phi) is 6.70. The number of halogens is 1. The van der Waals surface area contributed by atoms with E-state index >= 15 is 0 Å². The van der Waals surface area contributed by atoms with E-state index in [0.717, 1.165) is 28.1 Å². The molecule has 0 aliphatic carbocycles. The lowest BCUT2D eigenvalue weighted by atomic mass is 10.2. The number of benzene rings is 1. The van der Waals surface area contributed by atoms with Crippen LogP contribution in [0.2, 0.25) is 0 Å². The molecule has 1 aromatic carbocycles. The van der Waals surface area contributed by atoms with E-state index in [1.165, 1.54) is 4.88 Å². The minimum absolute atomic E-state index is 0.308. The predicted octanol–water partition coefficient (Wildman–Crippen LogP) is 3.39. The van der Waals surface area contributed by atoms with E-state index in [2.05, 4.69) is 33.4 Å². The van der Waals surface area contributed by atoms with Crippen LogP contribution in [0.3, 0.4) is 0 Å². The van der Waals surface area contributed by atoms with Crippen LogP contribution in [0.4, 0.5) is 0 Å². The normalized spacial score (nSPS) is 12.3. The molecule has 21 heavy (non-hydrogen) atoms. The highest BCUT2D eigenvalue weighted by Gasteiger charge is 2.06. The average molecular weight is 370 g/mol. The molecule has 0 amide bonds. The van der Waals surface area contributed by atoms with Crippen molar-refractivity contribution in [2.45, 2.75) is 19.4 Å². The highest BCUT2D eigenvalue weighted by atomic mass is 79.9. The topological polar surface area (TPSA) is 41.5 Å². The largest absolute Gasteiger partial charge is 0.491 e. The van der Waals surface area contributed by atoms with Crippen LogP contribution < -0.4 is 10.1 Å². The van der Waals surface area contributed by atoms with Gasteiger partial charge in [-0.3, -0.25) is 0 Å². The molecular formula is C16H20BrNO2S. The van der Waals surface area contributed by atoms with E-state index in [1.54, 1.807) is 11.3 Å². The summed E-state index contributed by atoms with van der Waals surface area (Å²) in [5.74, 6) is 0.833. The third kappa shape index (κ3) is 5.79. The van der Waals surface area contributed by atoms with Crippen molar-refractivity contribution in [1.82, 2.24) is 5.32 Å². The van der Waals surface area contributed by atoms with Gasteiger partial charge in [0.25, 0.3) is 0 Å². The van der Waals surface area contributed by atoms with Gasteiger partial charge in [-0.05, 0) is 53.0 Å². The molecule has 5 heteroatoms. The minimum atomic E-state index is -0.500. The molecule has 2 N–H and O–H groups in total. The highest BCUT2D eigenvalue weighted by molar-refractivity contribution is 9.11. The molecule has 2 rings (SSSR count). The summed E-state index contributed by atoms with van der Waals surface area (Å²) in [5.41, 5.74) is 1.08. The molecule has 0 radical (unpaired) electrons. The molecule has 0 bridgehead atoms. The second kappa shape index (κ2) is 8.54. The van der Waals surface area contributed by atoms with E-state index in [4.69, 9.17) is 4.74 Å². The number of para-hydroxylation sites is 1. The summed E-state index contributed by atoms with van der Waals surface area (Å²) in [6.45, 7) is 3.70. The van der Waals surface area contributed by atoms with Gasteiger partial charge in [-0.25, -0.2) is 0 Å². The Morgan fingerprint density at radius 2 is 2.10 bits per heavy atom. The summed E-state index contributed by atoms with van der Waals surface area (Å²) in [6, 6.07) is 12.0. The van der Waals surface area contributed by atoms with Crippen LogP contribution in [-0.4, -0.2) is 30.9 Å². The first-order chi connectivity index (χ1) is 10.1. The van der Waals surface area contributed by atoms with Crippen molar-refractivity contribution in [1.29, 1.82) is 0 Å². The number of aryl methyl sites for hydroxylation is 1. The summed E-state index contributed by atoms with van der Waals surface area (Å²) in [7, 11) is 0. The number of hydrogen-bond donors (Lipinski definition) is 2. The van der Waals surface area contributed by atoms with Crippen LogP contribution in [0.1, 0.15) is 10.4 Å². The van der Waals surface area contributed by atoms with E-state index < -0.39 is 6.10 Å². The van der Waals surface area contributed by atoms with Crippen molar-refractivity contribution in [3.8, 4) is 5.75 Å². The molecular weight excluding hydrogens is 350 g/mol. The summed E-state index contributed by atoms with van der Waals surface area (Å²) in [6.07, 6.45) is 0.474. The van der Waals surface area contributed by atoms with Gasteiger partial charge in [0, 0.05) is 18.0 Å². The number of aliphatic hydroxyl groups excluding tert-OH is 1. The maximum atomic E-state index is 9.91. The molecule has 0 saturated heterocycles. The Morgan fingerprint density at radius 1 is 1.29 bits per heavy atom. The van der Waals surface area contributed by atoms with E-state index in [9.17, 15) is 5.11 Å². The summed E-state index contributed by atoms with van der Waals surface area (Å²) in [4.78, 5) is 1.33. The minimum Gasteiger partial charge on any atom is -0.491 e. The zero-order valence-electron chi connectivity index (χ0n) is 12.0. The Hall–Kier alpha value is -0.880. The van der Waals surface area contributed by atoms with Gasteiger partial charge in [0.15, 0.2) is 0 Å². The zero-order chi connectivity index (χ0) is 15.1. The van der Waals surface area contributed by atoms with Crippen LogP contribution in [0.25, 0.3) is 0 Å². The molecule has 2 aromatic rings. The van der Waals surface area contributed by atoms with E-state index in [1.807, 2.05) is 31.2 Å². The van der Waals surface area contributed by atoms with Gasteiger partial charge in [-0.15, -0.1) is 11.3 Å². The molecule has 1 atom stereocenters. The lowest BCUT2D eigenvalue weighted by molar-refractivity contribution is 0.106. The molecule has 1 aromatic heterocycles. The van der Waals surface area contributed by atoms with Crippen molar-refractivity contribution in [3.63, 3.8) is 0 Å². The lowest BCUT2D eigenvalue weighted by Crippen LogP contribution is -2.32. The molecule has 0 spiro atoms. The number of nitrogens with one attached hydrogen (secondary N) is 1. The lowest BCUT2D eigenvalue weighted by Gasteiger charge is -2.14. The van der Waals surface area contributed by atoms with Crippen molar-refractivity contribution in [2.24, 2.45) is 0 Å². The summed E-state index contributed by atoms with van der Waals surface area (Å²) in [5, 5.41) is 13.2. The first-order valence-electron chi connectivity index (χ1n) is 6.96. The van der Waals surface area contributed by atoms with E-state index in [0.29, 0.717) is 13.2 Å². The Bertz CT molecular complexity index is 559. The Morgan fingerprint density at radius 3 is 2.81 bits per heavy atom. The van der Waals surface area contributed by atoms with Crippen LogP contribution in [0, 0.1) is 6.92 Å². The Balaban J connectivity index is 1.61. The fourth-order valence-corrected chi connectivity index (χ4v) is 3.41. The Labute approximate surface area is 138 Å². The fraction of sp³-hybridized carbons (Fsp3) is 0.375. The van der Waals surface area contributed by atoms with Crippen molar-refractivity contribution in [3.05, 3.63) is 50.6 Å². The quantitative estimate of drug-likeness (QED) is 0.700. The maximum absolute atomic E-state index is 9.91. The van der Waals surface area contributed by atoms with Gasteiger partial charge in [0.1, 0.15) is 18.5 Å². The van der Waals surface area contributed by atoms with Gasteiger partial charge in [0.2, 0.25) is 0 Å². The number of hydrogen-bond acceptors (Lipinski definition) is 4. The van der Waals surface area contributed by atoms with Gasteiger partial charge < -0.3 is 15.2 Å².